The van der Waals surface area contributed by atoms with Gasteiger partial charge in [0.25, 0.3) is 0 Å². The Hall–Kier alpha value is -0.560. The van der Waals surface area contributed by atoms with Crippen LogP contribution in [0.25, 0.3) is 0 Å². The van der Waals surface area contributed by atoms with Gasteiger partial charge in [0.2, 0.25) is 0 Å². The molecule has 0 aliphatic heterocycles. The number of halogens is 1. The molecular weight excluding hydrogens is 380 g/mol. The van der Waals surface area contributed by atoms with E-state index in [9.17, 15) is 0 Å². The Labute approximate surface area is 170 Å². The van der Waals surface area contributed by atoms with Crippen molar-refractivity contribution in [2.75, 3.05) is 0 Å². The van der Waals surface area contributed by atoms with Gasteiger partial charge in [-0.1, -0.05) is 72.5 Å². The van der Waals surface area contributed by atoms with Crippen molar-refractivity contribution in [1.29, 1.82) is 0 Å². The quantitative estimate of drug-likeness (QED) is 0.420. The minimum absolute atomic E-state index is 0.839. The van der Waals surface area contributed by atoms with Crippen molar-refractivity contribution >= 4 is 15.9 Å². The fraction of sp³-hybridized carbons (Fsp3) is 0.680. The summed E-state index contributed by atoms with van der Waals surface area (Å²) in [6.07, 6.45) is 19.3. The molecule has 1 aromatic rings. The first-order valence-electron chi connectivity index (χ1n) is 11.1. The second-order valence-electron chi connectivity index (χ2n) is 8.88. The molecule has 3 rings (SSSR count). The summed E-state index contributed by atoms with van der Waals surface area (Å²) in [5.74, 6) is 3.88. The summed E-state index contributed by atoms with van der Waals surface area (Å²) in [4.78, 5) is 2.07. The Bertz CT molecular complexity index is 528. The van der Waals surface area contributed by atoms with Crippen molar-refractivity contribution in [2.45, 2.75) is 84.0 Å². The van der Waals surface area contributed by atoms with E-state index in [4.69, 9.17) is 0 Å². The third-order valence-corrected chi connectivity index (χ3v) is 7.43. The average Bonchev–Trinajstić information content (AvgIpc) is 2.69. The fourth-order valence-corrected chi connectivity index (χ4v) is 5.82. The van der Waals surface area contributed by atoms with Gasteiger partial charge >= 0.3 is 0 Å². The molecule has 2 aliphatic carbocycles. The highest BCUT2D eigenvalue weighted by molar-refractivity contribution is 9.11. The molecule has 0 unspecified atom stereocenters. The van der Waals surface area contributed by atoms with Gasteiger partial charge in [0, 0.05) is 0 Å². The lowest BCUT2D eigenvalue weighted by Gasteiger charge is -2.37. The van der Waals surface area contributed by atoms with Gasteiger partial charge in [0.1, 0.15) is 0 Å². The van der Waals surface area contributed by atoms with Gasteiger partial charge in [-0.3, -0.25) is 0 Å². The van der Waals surface area contributed by atoms with E-state index in [1.165, 1.54) is 82.6 Å². The van der Waals surface area contributed by atoms with Crippen LogP contribution in [0.1, 0.15) is 82.3 Å². The highest BCUT2D eigenvalue weighted by atomic mass is 79.9. The number of allylic oxidation sites excluding steroid dienone is 1. The van der Waals surface area contributed by atoms with E-state index < -0.39 is 0 Å². The lowest BCUT2D eigenvalue weighted by atomic mass is 9.68. The Morgan fingerprint density at radius 1 is 0.808 bits per heavy atom. The molecule has 26 heavy (non-hydrogen) atoms. The van der Waals surface area contributed by atoms with Crippen LogP contribution >= 0.6 is 15.9 Å². The Morgan fingerprint density at radius 3 is 1.88 bits per heavy atom. The predicted octanol–water partition coefficient (Wildman–Crippen LogP) is 8.09. The molecule has 144 valence electrons. The summed E-state index contributed by atoms with van der Waals surface area (Å²) in [5, 5.41) is 0. The summed E-state index contributed by atoms with van der Waals surface area (Å²) < 4.78 is 0. The zero-order valence-corrected chi connectivity index (χ0v) is 18.2. The van der Waals surface area contributed by atoms with Crippen LogP contribution < -0.4 is 0 Å². The van der Waals surface area contributed by atoms with Crippen molar-refractivity contribution in [3.8, 4) is 0 Å². The third kappa shape index (κ3) is 5.98. The smallest absolute Gasteiger partial charge is 0.0225 e. The number of rotatable bonds is 7. The van der Waals surface area contributed by atoms with Gasteiger partial charge < -0.3 is 0 Å². The molecule has 0 heterocycles. The van der Waals surface area contributed by atoms with Crippen molar-refractivity contribution in [2.24, 2.45) is 23.7 Å². The minimum atomic E-state index is 0.839. The molecule has 0 nitrogen and oxygen atoms in total. The monoisotopic (exact) mass is 416 g/mol. The second-order valence-corrected chi connectivity index (χ2v) is 9.41. The molecule has 0 aromatic heterocycles. The lowest BCUT2D eigenvalue weighted by Crippen LogP contribution is -2.25. The number of aryl methyl sites for hydroxylation is 2. The Morgan fingerprint density at radius 2 is 1.35 bits per heavy atom. The summed E-state index contributed by atoms with van der Waals surface area (Å²) >= 11 is 3.44. The molecule has 0 amide bonds. The molecule has 0 saturated heterocycles. The Balaban J connectivity index is 1.36. The summed E-state index contributed by atoms with van der Waals surface area (Å²) in [7, 11) is 0. The van der Waals surface area contributed by atoms with Crippen LogP contribution in [-0.4, -0.2) is 0 Å². The van der Waals surface area contributed by atoms with Crippen molar-refractivity contribution in [3.05, 3.63) is 46.5 Å². The van der Waals surface area contributed by atoms with Gasteiger partial charge in [-0.15, -0.1) is 0 Å². The van der Waals surface area contributed by atoms with E-state index in [-0.39, 0.29) is 0 Å². The number of benzene rings is 1. The molecule has 0 N–H and O–H groups in total. The first-order valence-corrected chi connectivity index (χ1v) is 12.0. The molecule has 2 saturated carbocycles. The zero-order valence-electron chi connectivity index (χ0n) is 16.6. The van der Waals surface area contributed by atoms with E-state index in [1.54, 1.807) is 5.56 Å². The van der Waals surface area contributed by atoms with Gasteiger partial charge in [-0.05, 0) is 97.6 Å². The number of hydrogen-bond donors (Lipinski definition) is 0. The molecule has 2 fully saturated rings. The van der Waals surface area contributed by atoms with Crippen molar-refractivity contribution < 1.29 is 0 Å². The van der Waals surface area contributed by atoms with Gasteiger partial charge in [0.05, 0.1) is 0 Å². The van der Waals surface area contributed by atoms with Crippen molar-refractivity contribution in [3.63, 3.8) is 0 Å². The van der Waals surface area contributed by atoms with Gasteiger partial charge in [-0.2, -0.15) is 0 Å². The van der Waals surface area contributed by atoms with E-state index >= 15 is 0 Å². The summed E-state index contributed by atoms with van der Waals surface area (Å²) in [5.41, 5.74) is 3.04. The highest BCUT2D eigenvalue weighted by Crippen LogP contribution is 2.42. The minimum Gasteiger partial charge on any atom is -0.0745 e. The van der Waals surface area contributed by atoms with E-state index in [0.29, 0.717) is 0 Å². The van der Waals surface area contributed by atoms with Crippen LogP contribution in [0.2, 0.25) is 0 Å². The van der Waals surface area contributed by atoms with Gasteiger partial charge in [-0.25, -0.2) is 0 Å². The van der Waals surface area contributed by atoms with Crippen LogP contribution in [0.3, 0.4) is 0 Å². The van der Waals surface area contributed by atoms with Crippen molar-refractivity contribution in [1.82, 2.24) is 0 Å². The maximum atomic E-state index is 3.44. The standard InChI is InChI=1S/C25H37Br/c1-2-3-20-4-6-21(7-5-20)8-9-22-10-14-24(15-11-22)25-16-12-23(13-17-25)18-19-26/h4-7,18-19,22-25H,2-3,8-17H2,1H3/b19-18+. The first kappa shape index (κ1) is 20.2. The first-order chi connectivity index (χ1) is 12.8. The SMILES string of the molecule is CCCc1ccc(CCC2CCC(C3CCC(/C=C/Br)CC3)CC2)cc1. The normalized spacial score (nSPS) is 29.9. The highest BCUT2D eigenvalue weighted by Gasteiger charge is 2.30. The zero-order chi connectivity index (χ0) is 18.2. The van der Waals surface area contributed by atoms with E-state index in [2.05, 4.69) is 58.2 Å². The molecule has 0 spiro atoms. The Kier molecular flexibility index (Phi) is 8.30. The predicted molar refractivity (Wildman–Crippen MR) is 118 cm³/mol. The molecule has 0 bridgehead atoms. The third-order valence-electron chi connectivity index (χ3n) is 7.12. The molecule has 1 heteroatoms. The van der Waals surface area contributed by atoms with Crippen LogP contribution in [0.15, 0.2) is 35.3 Å². The maximum absolute atomic E-state index is 3.44. The number of hydrogen-bond acceptors (Lipinski definition) is 0. The lowest BCUT2D eigenvalue weighted by molar-refractivity contribution is 0.153. The van der Waals surface area contributed by atoms with E-state index in [1.807, 2.05) is 0 Å². The molecule has 0 radical (unpaired) electrons. The maximum Gasteiger partial charge on any atom is -0.0225 e. The summed E-state index contributed by atoms with van der Waals surface area (Å²) in [6.45, 7) is 2.26. The van der Waals surface area contributed by atoms with E-state index in [0.717, 1.165) is 23.7 Å². The molecular formula is C25H37Br. The topological polar surface area (TPSA) is 0 Å². The largest absolute Gasteiger partial charge is 0.0745 e. The van der Waals surface area contributed by atoms with Crippen LogP contribution in [-0.2, 0) is 12.8 Å². The molecule has 0 atom stereocenters. The van der Waals surface area contributed by atoms with Crippen LogP contribution in [0.5, 0.6) is 0 Å². The van der Waals surface area contributed by atoms with Gasteiger partial charge in [0.15, 0.2) is 0 Å². The molecule has 1 aromatic carbocycles. The summed E-state index contributed by atoms with van der Waals surface area (Å²) in [6, 6.07) is 9.43. The molecule has 2 aliphatic rings. The van der Waals surface area contributed by atoms with Crippen LogP contribution in [0.4, 0.5) is 0 Å². The second kappa shape index (κ2) is 10.7. The average molecular weight is 417 g/mol. The fourth-order valence-electron chi connectivity index (χ4n) is 5.39. The van der Waals surface area contributed by atoms with Crippen LogP contribution in [0, 0.1) is 23.7 Å².